The Kier molecular flexibility index (Phi) is 5.69. The fourth-order valence-corrected chi connectivity index (χ4v) is 4.65. The summed E-state index contributed by atoms with van der Waals surface area (Å²) in [7, 11) is 0. The van der Waals surface area contributed by atoms with Crippen LogP contribution in [0.3, 0.4) is 0 Å². The van der Waals surface area contributed by atoms with Gasteiger partial charge in [0, 0.05) is 16.8 Å². The zero-order chi connectivity index (χ0) is 14.8. The molecule has 0 saturated carbocycles. The molecule has 0 unspecified atom stereocenters. The molecule has 1 aliphatic rings. The van der Waals surface area contributed by atoms with Gasteiger partial charge in [-0.3, -0.25) is 4.99 Å². The molecular formula is C14H17BrCl2N2S. The molecule has 6 heteroatoms. The van der Waals surface area contributed by atoms with E-state index < -0.39 is 0 Å². The average Bonchev–Trinajstić information content (AvgIpc) is 2.43. The lowest BCUT2D eigenvalue weighted by molar-refractivity contribution is 0.318. The summed E-state index contributed by atoms with van der Waals surface area (Å²) in [5, 5.41) is 5.34. The van der Waals surface area contributed by atoms with Gasteiger partial charge in [0.2, 0.25) is 0 Å². The predicted octanol–water partition coefficient (Wildman–Crippen LogP) is 6.08. The van der Waals surface area contributed by atoms with E-state index in [1.54, 1.807) is 11.8 Å². The van der Waals surface area contributed by atoms with Crippen LogP contribution in [0.5, 0.6) is 0 Å². The summed E-state index contributed by atoms with van der Waals surface area (Å²) in [6.45, 7) is 5.34. The van der Waals surface area contributed by atoms with Crippen LogP contribution in [-0.2, 0) is 0 Å². The highest BCUT2D eigenvalue weighted by Gasteiger charge is 2.30. The topological polar surface area (TPSA) is 24.4 Å². The minimum absolute atomic E-state index is 0.336. The highest BCUT2D eigenvalue weighted by atomic mass is 79.9. The van der Waals surface area contributed by atoms with Crippen molar-refractivity contribution in [1.29, 1.82) is 0 Å². The SMILES string of the molecule is CCC1(CC)CN=C(Nc2c(Cl)cc(Br)cc2Cl)SC1. The number of nitrogens with one attached hydrogen (secondary N) is 1. The maximum atomic E-state index is 6.22. The first-order chi connectivity index (χ1) is 9.49. The zero-order valence-corrected chi connectivity index (χ0v) is 15.4. The van der Waals surface area contributed by atoms with Crippen molar-refractivity contribution in [1.82, 2.24) is 0 Å². The average molecular weight is 396 g/mol. The van der Waals surface area contributed by atoms with Gasteiger partial charge >= 0.3 is 0 Å². The van der Waals surface area contributed by atoms with Crippen LogP contribution in [0.1, 0.15) is 26.7 Å². The lowest BCUT2D eigenvalue weighted by Gasteiger charge is -2.33. The van der Waals surface area contributed by atoms with Crippen LogP contribution in [0.15, 0.2) is 21.6 Å². The molecule has 0 aliphatic carbocycles. The number of rotatable bonds is 3. The van der Waals surface area contributed by atoms with Gasteiger partial charge in [0.15, 0.2) is 5.17 Å². The molecule has 1 heterocycles. The van der Waals surface area contributed by atoms with E-state index in [9.17, 15) is 0 Å². The number of thioether (sulfide) groups is 1. The number of anilines is 1. The van der Waals surface area contributed by atoms with Gasteiger partial charge in [-0.1, -0.05) is 64.7 Å². The normalized spacial score (nSPS) is 17.8. The highest BCUT2D eigenvalue weighted by Crippen LogP contribution is 2.38. The summed E-state index contributed by atoms with van der Waals surface area (Å²) in [4.78, 5) is 4.66. The summed E-state index contributed by atoms with van der Waals surface area (Å²) in [5.74, 6) is 1.08. The van der Waals surface area contributed by atoms with Crippen LogP contribution in [0.4, 0.5) is 5.69 Å². The van der Waals surface area contributed by atoms with Gasteiger partial charge in [0.05, 0.1) is 15.7 Å². The standard InChI is InChI=1S/C14H17BrCl2N2S/c1-3-14(4-2)7-18-13(20-8-14)19-12-10(16)5-9(15)6-11(12)17/h5-6H,3-4,7-8H2,1-2H3,(H,18,19). The Hall–Kier alpha value is 0.1000. The molecule has 1 aromatic carbocycles. The molecule has 0 spiro atoms. The second-order valence-electron chi connectivity index (χ2n) is 4.99. The van der Waals surface area contributed by atoms with Gasteiger partial charge in [0.1, 0.15) is 0 Å². The van der Waals surface area contributed by atoms with Crippen molar-refractivity contribution in [3.8, 4) is 0 Å². The number of hydrogen-bond acceptors (Lipinski definition) is 3. The molecule has 0 saturated heterocycles. The van der Waals surface area contributed by atoms with E-state index in [1.807, 2.05) is 12.1 Å². The van der Waals surface area contributed by atoms with Crippen LogP contribution in [0.25, 0.3) is 0 Å². The van der Waals surface area contributed by atoms with E-state index in [0.717, 1.165) is 40.5 Å². The molecule has 2 nitrogen and oxygen atoms in total. The van der Waals surface area contributed by atoms with Gasteiger partial charge in [-0.2, -0.15) is 0 Å². The van der Waals surface area contributed by atoms with E-state index >= 15 is 0 Å². The summed E-state index contributed by atoms with van der Waals surface area (Å²) in [5.41, 5.74) is 1.06. The molecule has 0 atom stereocenters. The monoisotopic (exact) mass is 394 g/mol. The molecule has 0 amide bonds. The molecular weight excluding hydrogens is 379 g/mol. The molecule has 20 heavy (non-hydrogen) atoms. The Labute approximate surface area is 142 Å². The smallest absolute Gasteiger partial charge is 0.161 e. The van der Waals surface area contributed by atoms with Crippen LogP contribution in [0, 0.1) is 5.41 Å². The summed E-state index contributed by atoms with van der Waals surface area (Å²) in [6, 6.07) is 3.65. The fraction of sp³-hybridized carbons (Fsp3) is 0.500. The van der Waals surface area contributed by atoms with Crippen molar-refractivity contribution >= 4 is 61.7 Å². The molecule has 1 N–H and O–H groups in total. The van der Waals surface area contributed by atoms with Gasteiger partial charge in [-0.25, -0.2) is 0 Å². The Morgan fingerprint density at radius 3 is 2.35 bits per heavy atom. The Balaban J connectivity index is 2.15. The zero-order valence-electron chi connectivity index (χ0n) is 11.5. The fourth-order valence-electron chi connectivity index (χ4n) is 2.07. The molecule has 0 radical (unpaired) electrons. The highest BCUT2D eigenvalue weighted by molar-refractivity contribution is 9.10. The molecule has 2 rings (SSSR count). The van der Waals surface area contributed by atoms with E-state index in [4.69, 9.17) is 23.2 Å². The number of nitrogens with zero attached hydrogens (tertiary/aromatic N) is 1. The number of hydrogen-bond donors (Lipinski definition) is 1. The van der Waals surface area contributed by atoms with Gasteiger partial charge in [0.25, 0.3) is 0 Å². The minimum Gasteiger partial charge on any atom is -0.333 e. The Bertz CT molecular complexity index is 507. The van der Waals surface area contributed by atoms with Crippen molar-refractivity contribution in [2.24, 2.45) is 10.4 Å². The van der Waals surface area contributed by atoms with Crippen molar-refractivity contribution < 1.29 is 0 Å². The number of aliphatic imine (C=N–C) groups is 1. The first-order valence-electron chi connectivity index (χ1n) is 6.58. The van der Waals surface area contributed by atoms with E-state index in [2.05, 4.69) is 40.1 Å². The van der Waals surface area contributed by atoms with Crippen molar-refractivity contribution in [2.75, 3.05) is 17.6 Å². The number of amidine groups is 1. The van der Waals surface area contributed by atoms with Crippen LogP contribution in [0.2, 0.25) is 10.0 Å². The van der Waals surface area contributed by atoms with Crippen molar-refractivity contribution in [3.63, 3.8) is 0 Å². The van der Waals surface area contributed by atoms with Crippen LogP contribution in [-0.4, -0.2) is 17.5 Å². The molecule has 1 aliphatic heterocycles. The quantitative estimate of drug-likeness (QED) is 0.670. The largest absolute Gasteiger partial charge is 0.333 e. The van der Waals surface area contributed by atoms with Crippen molar-refractivity contribution in [2.45, 2.75) is 26.7 Å². The molecule has 0 aromatic heterocycles. The van der Waals surface area contributed by atoms with Gasteiger partial charge in [-0.15, -0.1) is 0 Å². The molecule has 110 valence electrons. The lowest BCUT2D eigenvalue weighted by Crippen LogP contribution is -2.32. The second kappa shape index (κ2) is 6.91. The maximum Gasteiger partial charge on any atom is 0.161 e. The molecule has 1 aromatic rings. The van der Waals surface area contributed by atoms with Gasteiger partial charge in [-0.05, 0) is 30.4 Å². The third-order valence-corrected chi connectivity index (χ3v) is 6.13. The maximum absolute atomic E-state index is 6.22. The third-order valence-electron chi connectivity index (χ3n) is 3.81. The first-order valence-corrected chi connectivity index (χ1v) is 9.12. The van der Waals surface area contributed by atoms with Crippen molar-refractivity contribution in [3.05, 3.63) is 26.7 Å². The van der Waals surface area contributed by atoms with Crippen LogP contribution < -0.4 is 5.32 Å². The first kappa shape index (κ1) is 16.5. The summed E-state index contributed by atoms with van der Waals surface area (Å²) < 4.78 is 0.868. The third kappa shape index (κ3) is 3.65. The summed E-state index contributed by atoms with van der Waals surface area (Å²) in [6.07, 6.45) is 2.32. The second-order valence-corrected chi connectivity index (χ2v) is 7.68. The Morgan fingerprint density at radius 1 is 1.30 bits per heavy atom. The molecule has 0 bridgehead atoms. The predicted molar refractivity (Wildman–Crippen MR) is 95.6 cm³/mol. The Morgan fingerprint density at radius 2 is 1.90 bits per heavy atom. The minimum atomic E-state index is 0.336. The van der Waals surface area contributed by atoms with E-state index in [0.29, 0.717) is 15.5 Å². The van der Waals surface area contributed by atoms with Gasteiger partial charge < -0.3 is 5.32 Å². The van der Waals surface area contributed by atoms with E-state index in [-0.39, 0.29) is 0 Å². The molecule has 0 fully saturated rings. The summed E-state index contributed by atoms with van der Waals surface area (Å²) >= 11 is 17.6. The van der Waals surface area contributed by atoms with E-state index in [1.165, 1.54) is 0 Å². The van der Waals surface area contributed by atoms with Crippen LogP contribution >= 0.6 is 50.9 Å². The number of halogens is 3. The lowest BCUT2D eigenvalue weighted by atomic mass is 9.84. The number of benzene rings is 1.